The van der Waals surface area contributed by atoms with Gasteiger partial charge in [-0.1, -0.05) is 68.4 Å². The molecule has 0 aliphatic carbocycles. The quantitative estimate of drug-likeness (QED) is 0.287. The minimum absolute atomic E-state index is 0.0268. The molecule has 0 aromatic heterocycles. The molecule has 0 heterocycles. The Morgan fingerprint density at radius 3 is 2.11 bits per heavy atom. The molecule has 0 fully saturated rings. The molecule has 0 saturated heterocycles. The average Bonchev–Trinajstić information content (AvgIpc) is 2.89. The van der Waals surface area contributed by atoms with Gasteiger partial charge in [0.1, 0.15) is 11.2 Å². The van der Waals surface area contributed by atoms with Gasteiger partial charge >= 0.3 is 11.9 Å². The van der Waals surface area contributed by atoms with Crippen molar-refractivity contribution in [2.24, 2.45) is 11.3 Å². The number of hydrogen-bond acceptors (Lipinski definition) is 6. The zero-order valence-corrected chi connectivity index (χ0v) is 22.5. The summed E-state index contributed by atoms with van der Waals surface area (Å²) >= 11 is 0. The van der Waals surface area contributed by atoms with Gasteiger partial charge in [0.25, 0.3) is 0 Å². The maximum absolute atomic E-state index is 13.4. The van der Waals surface area contributed by atoms with Crippen molar-refractivity contribution in [3.05, 3.63) is 60.2 Å². The van der Waals surface area contributed by atoms with Crippen molar-refractivity contribution in [3.8, 4) is 11.1 Å². The number of Topliss-reactive ketones (excluding diaryl/α,β-unsaturated/α-hetero) is 1. The van der Waals surface area contributed by atoms with E-state index in [0.29, 0.717) is 12.8 Å². The van der Waals surface area contributed by atoms with Gasteiger partial charge in [-0.25, -0.2) is 0 Å². The number of hydrogen-bond donors (Lipinski definition) is 1. The molecular formula is C30H39NO6. The van der Waals surface area contributed by atoms with Gasteiger partial charge in [0.15, 0.2) is 0 Å². The summed E-state index contributed by atoms with van der Waals surface area (Å²) in [6, 6.07) is 17.7. The normalized spacial score (nSPS) is 14.1. The highest BCUT2D eigenvalue weighted by Gasteiger charge is 2.39. The Bertz CT molecular complexity index is 1050. The molecule has 1 amide bonds. The molecule has 0 saturated carbocycles. The monoisotopic (exact) mass is 509 g/mol. The van der Waals surface area contributed by atoms with E-state index in [9.17, 15) is 19.2 Å². The molecule has 0 radical (unpaired) electrons. The molecule has 3 atom stereocenters. The van der Waals surface area contributed by atoms with Crippen molar-refractivity contribution in [1.29, 1.82) is 0 Å². The number of ketones is 1. The first kappa shape index (κ1) is 29.7. The van der Waals surface area contributed by atoms with Crippen LogP contribution in [0.15, 0.2) is 54.6 Å². The van der Waals surface area contributed by atoms with E-state index in [1.165, 1.54) is 6.92 Å². The van der Waals surface area contributed by atoms with Crippen molar-refractivity contribution in [2.45, 2.75) is 66.3 Å². The zero-order chi connectivity index (χ0) is 27.4. The fraction of sp³-hybridized carbons (Fsp3) is 0.467. The van der Waals surface area contributed by atoms with Gasteiger partial charge in [-0.05, 0) is 50.3 Å². The number of nitrogens with one attached hydrogen (secondary N) is 1. The molecule has 37 heavy (non-hydrogen) atoms. The molecule has 0 spiro atoms. The Hall–Kier alpha value is -3.48. The third-order valence-corrected chi connectivity index (χ3v) is 6.64. The summed E-state index contributed by atoms with van der Waals surface area (Å²) in [6.07, 6.45) is 1.12. The highest BCUT2D eigenvalue weighted by atomic mass is 16.5. The van der Waals surface area contributed by atoms with Gasteiger partial charge in [0.05, 0.1) is 19.1 Å². The lowest BCUT2D eigenvalue weighted by atomic mass is 9.81. The molecule has 2 aromatic carbocycles. The molecule has 1 N–H and O–H groups in total. The van der Waals surface area contributed by atoms with Crippen molar-refractivity contribution >= 4 is 23.6 Å². The van der Waals surface area contributed by atoms with E-state index in [1.807, 2.05) is 54.6 Å². The molecule has 2 aromatic rings. The van der Waals surface area contributed by atoms with E-state index in [-0.39, 0.29) is 43.8 Å². The predicted octanol–water partition coefficient (Wildman–Crippen LogP) is 4.91. The number of esters is 2. The summed E-state index contributed by atoms with van der Waals surface area (Å²) in [5, 5.41) is 3.01. The van der Waals surface area contributed by atoms with E-state index in [4.69, 9.17) is 9.47 Å². The first-order valence-corrected chi connectivity index (χ1v) is 12.9. The van der Waals surface area contributed by atoms with Gasteiger partial charge in [0, 0.05) is 18.9 Å². The summed E-state index contributed by atoms with van der Waals surface area (Å²) in [5.41, 5.74) is 1.81. The maximum Gasteiger partial charge on any atom is 0.308 e. The van der Waals surface area contributed by atoms with E-state index < -0.39 is 23.3 Å². The molecule has 200 valence electrons. The zero-order valence-electron chi connectivity index (χ0n) is 22.5. The SMILES string of the molecule is CCOC(=O)[C@H](C)C[C@@H](Cc1ccc(-c2ccccc2)cc1)NC(=O)[C@@](C)(CCOC(=O)CC)C(C)=O. The highest BCUT2D eigenvalue weighted by molar-refractivity contribution is 6.04. The summed E-state index contributed by atoms with van der Waals surface area (Å²) in [5.74, 6) is -1.92. The Morgan fingerprint density at radius 1 is 0.919 bits per heavy atom. The Labute approximate surface area is 219 Å². The number of carbonyl (C=O) groups excluding carboxylic acids is 4. The molecule has 7 nitrogen and oxygen atoms in total. The van der Waals surface area contributed by atoms with E-state index in [0.717, 1.165) is 16.7 Å². The molecule has 0 aliphatic heterocycles. The van der Waals surface area contributed by atoms with Crippen LogP contribution < -0.4 is 5.32 Å². The van der Waals surface area contributed by atoms with Crippen molar-refractivity contribution in [2.75, 3.05) is 13.2 Å². The minimum atomic E-state index is -1.36. The van der Waals surface area contributed by atoms with Crippen LogP contribution in [0.4, 0.5) is 0 Å². The van der Waals surface area contributed by atoms with Crippen molar-refractivity contribution in [3.63, 3.8) is 0 Å². The van der Waals surface area contributed by atoms with Crippen LogP contribution in [-0.2, 0) is 35.1 Å². The topological polar surface area (TPSA) is 98.8 Å². The Morgan fingerprint density at radius 2 is 1.54 bits per heavy atom. The number of ether oxygens (including phenoxy) is 2. The van der Waals surface area contributed by atoms with Crippen LogP contribution in [0, 0.1) is 11.3 Å². The molecule has 2 rings (SSSR count). The molecule has 0 bridgehead atoms. The number of benzene rings is 2. The molecule has 7 heteroatoms. The third kappa shape index (κ3) is 8.85. The first-order chi connectivity index (χ1) is 17.6. The molecular weight excluding hydrogens is 470 g/mol. The van der Waals surface area contributed by atoms with Crippen LogP contribution in [0.1, 0.15) is 59.4 Å². The van der Waals surface area contributed by atoms with Crippen molar-refractivity contribution in [1.82, 2.24) is 5.32 Å². The smallest absolute Gasteiger partial charge is 0.308 e. The lowest BCUT2D eigenvalue weighted by molar-refractivity contribution is -0.149. The first-order valence-electron chi connectivity index (χ1n) is 12.9. The fourth-order valence-corrected chi connectivity index (χ4v) is 4.01. The van der Waals surface area contributed by atoms with Crippen LogP contribution >= 0.6 is 0 Å². The maximum atomic E-state index is 13.4. The van der Waals surface area contributed by atoms with Crippen LogP contribution in [0.25, 0.3) is 11.1 Å². The van der Waals surface area contributed by atoms with Gasteiger partial charge < -0.3 is 14.8 Å². The predicted molar refractivity (Wildman–Crippen MR) is 143 cm³/mol. The van der Waals surface area contributed by atoms with E-state index in [1.54, 1.807) is 27.7 Å². The summed E-state index contributed by atoms with van der Waals surface area (Å²) in [7, 11) is 0. The number of rotatable bonds is 14. The second kappa shape index (κ2) is 14.3. The van der Waals surface area contributed by atoms with Crippen LogP contribution in [0.5, 0.6) is 0 Å². The largest absolute Gasteiger partial charge is 0.466 e. The van der Waals surface area contributed by atoms with Gasteiger partial charge in [-0.3, -0.25) is 19.2 Å². The third-order valence-electron chi connectivity index (χ3n) is 6.64. The fourth-order valence-electron chi connectivity index (χ4n) is 4.01. The van der Waals surface area contributed by atoms with Crippen LogP contribution in [0.2, 0.25) is 0 Å². The average molecular weight is 510 g/mol. The Kier molecular flexibility index (Phi) is 11.5. The summed E-state index contributed by atoms with van der Waals surface area (Å²) in [4.78, 5) is 49.7. The van der Waals surface area contributed by atoms with Crippen LogP contribution in [-0.4, -0.2) is 42.9 Å². The highest BCUT2D eigenvalue weighted by Crippen LogP contribution is 2.25. The number of amides is 1. The van der Waals surface area contributed by atoms with Gasteiger partial charge in [-0.15, -0.1) is 0 Å². The molecule has 0 unspecified atom stereocenters. The van der Waals surface area contributed by atoms with Crippen molar-refractivity contribution < 1.29 is 28.7 Å². The lowest BCUT2D eigenvalue weighted by Crippen LogP contribution is -2.49. The van der Waals surface area contributed by atoms with E-state index >= 15 is 0 Å². The number of carbonyl (C=O) groups is 4. The van der Waals surface area contributed by atoms with Gasteiger partial charge in [0.2, 0.25) is 5.91 Å². The van der Waals surface area contributed by atoms with Gasteiger partial charge in [-0.2, -0.15) is 0 Å². The second-order valence-corrected chi connectivity index (χ2v) is 9.54. The molecule has 0 aliphatic rings. The second-order valence-electron chi connectivity index (χ2n) is 9.54. The summed E-state index contributed by atoms with van der Waals surface area (Å²) in [6.45, 7) is 8.37. The van der Waals surface area contributed by atoms with Crippen LogP contribution in [0.3, 0.4) is 0 Å². The summed E-state index contributed by atoms with van der Waals surface area (Å²) < 4.78 is 10.3. The standard InChI is InChI=1S/C30H39NO6/c1-6-27(33)37-18-17-30(5,22(4)32)29(35)31-26(19-21(3)28(34)36-7-2)20-23-13-15-25(16-14-23)24-11-9-8-10-12-24/h8-16,21,26H,6-7,17-20H2,1-5H3,(H,31,35)/t21-,26+,30+/m1/s1. The Balaban J connectivity index is 2.21. The minimum Gasteiger partial charge on any atom is -0.466 e. The lowest BCUT2D eigenvalue weighted by Gasteiger charge is -2.29. The van der Waals surface area contributed by atoms with E-state index in [2.05, 4.69) is 5.32 Å².